The lowest BCUT2D eigenvalue weighted by atomic mass is 10.1. The number of hydrogen-bond acceptors (Lipinski definition) is 3. The van der Waals surface area contributed by atoms with Crippen LogP contribution >= 0.6 is 15.9 Å². The van der Waals surface area contributed by atoms with E-state index < -0.39 is 0 Å². The van der Waals surface area contributed by atoms with Gasteiger partial charge in [0, 0.05) is 11.3 Å². The standard InChI is InChI=1S/C17H16BrNO3/c1-11-3-8-16(15(18)9-11)22-10-17(21)19-14-6-4-13(5-7-14)12(2)20/h3-9H,10H2,1-2H3,(H,19,21). The molecular formula is C17H16BrNO3. The summed E-state index contributed by atoms with van der Waals surface area (Å²) in [5.74, 6) is 0.348. The van der Waals surface area contributed by atoms with E-state index in [4.69, 9.17) is 4.74 Å². The Labute approximate surface area is 137 Å². The molecule has 114 valence electrons. The number of carbonyl (C=O) groups excluding carboxylic acids is 2. The molecule has 0 bridgehead atoms. The minimum absolute atomic E-state index is 0.00886. The molecule has 0 spiro atoms. The average Bonchev–Trinajstić information content (AvgIpc) is 2.47. The van der Waals surface area contributed by atoms with Crippen molar-refractivity contribution in [2.75, 3.05) is 11.9 Å². The van der Waals surface area contributed by atoms with Crippen LogP contribution in [0.1, 0.15) is 22.8 Å². The molecule has 0 aliphatic carbocycles. The molecule has 0 radical (unpaired) electrons. The molecule has 1 amide bonds. The van der Waals surface area contributed by atoms with Crippen molar-refractivity contribution in [3.05, 3.63) is 58.1 Å². The van der Waals surface area contributed by atoms with Gasteiger partial charge in [-0.15, -0.1) is 0 Å². The maximum atomic E-state index is 11.9. The molecule has 2 aromatic rings. The molecule has 0 saturated carbocycles. The van der Waals surface area contributed by atoms with Crippen LogP contribution in [0, 0.1) is 6.92 Å². The maximum Gasteiger partial charge on any atom is 0.262 e. The number of nitrogens with one attached hydrogen (secondary N) is 1. The summed E-state index contributed by atoms with van der Waals surface area (Å²) < 4.78 is 6.29. The van der Waals surface area contributed by atoms with E-state index in [1.54, 1.807) is 24.3 Å². The first-order valence-electron chi connectivity index (χ1n) is 6.75. The number of hydrogen-bond donors (Lipinski definition) is 1. The second-order valence-electron chi connectivity index (χ2n) is 4.90. The van der Waals surface area contributed by atoms with E-state index in [1.807, 2.05) is 25.1 Å². The van der Waals surface area contributed by atoms with Crippen molar-refractivity contribution in [2.24, 2.45) is 0 Å². The zero-order valence-electron chi connectivity index (χ0n) is 12.4. The largest absolute Gasteiger partial charge is 0.483 e. The van der Waals surface area contributed by atoms with Gasteiger partial charge in [-0.3, -0.25) is 9.59 Å². The molecule has 0 aliphatic heterocycles. The first-order chi connectivity index (χ1) is 10.5. The van der Waals surface area contributed by atoms with Gasteiger partial charge in [0.05, 0.1) is 4.47 Å². The summed E-state index contributed by atoms with van der Waals surface area (Å²) in [4.78, 5) is 23.0. The van der Waals surface area contributed by atoms with Gasteiger partial charge in [0.25, 0.3) is 5.91 Å². The normalized spacial score (nSPS) is 10.1. The van der Waals surface area contributed by atoms with Gasteiger partial charge in [0.2, 0.25) is 0 Å². The summed E-state index contributed by atoms with van der Waals surface area (Å²) in [5, 5.41) is 2.72. The molecule has 22 heavy (non-hydrogen) atoms. The van der Waals surface area contributed by atoms with Crippen molar-refractivity contribution < 1.29 is 14.3 Å². The number of halogens is 1. The lowest BCUT2D eigenvalue weighted by Crippen LogP contribution is -2.20. The van der Waals surface area contributed by atoms with Gasteiger partial charge in [0.1, 0.15) is 5.75 Å². The minimum Gasteiger partial charge on any atom is -0.483 e. The molecule has 2 rings (SSSR count). The highest BCUT2D eigenvalue weighted by Gasteiger charge is 2.07. The lowest BCUT2D eigenvalue weighted by Gasteiger charge is -2.09. The Morgan fingerprint density at radius 2 is 1.82 bits per heavy atom. The summed E-state index contributed by atoms with van der Waals surface area (Å²) in [7, 11) is 0. The topological polar surface area (TPSA) is 55.4 Å². The summed E-state index contributed by atoms with van der Waals surface area (Å²) in [5.41, 5.74) is 2.34. The van der Waals surface area contributed by atoms with Crippen LogP contribution in [0.25, 0.3) is 0 Å². The number of rotatable bonds is 5. The second kappa shape index (κ2) is 7.22. The van der Waals surface area contributed by atoms with Gasteiger partial charge < -0.3 is 10.1 Å². The van der Waals surface area contributed by atoms with Crippen LogP contribution < -0.4 is 10.1 Å². The van der Waals surface area contributed by atoms with E-state index in [-0.39, 0.29) is 18.3 Å². The quantitative estimate of drug-likeness (QED) is 0.819. The predicted octanol–water partition coefficient (Wildman–Crippen LogP) is 3.98. The zero-order chi connectivity index (χ0) is 16.1. The van der Waals surface area contributed by atoms with Crippen LogP contribution in [0.4, 0.5) is 5.69 Å². The van der Waals surface area contributed by atoms with Crippen LogP contribution in [-0.4, -0.2) is 18.3 Å². The van der Waals surface area contributed by atoms with Gasteiger partial charge >= 0.3 is 0 Å². The summed E-state index contributed by atoms with van der Waals surface area (Å²) in [6.45, 7) is 3.39. The Bertz CT molecular complexity index is 696. The molecule has 0 atom stereocenters. The van der Waals surface area contributed by atoms with Crippen molar-refractivity contribution in [3.8, 4) is 5.75 Å². The summed E-state index contributed by atoms with van der Waals surface area (Å²) in [6, 6.07) is 12.4. The van der Waals surface area contributed by atoms with Crippen LogP contribution in [-0.2, 0) is 4.79 Å². The van der Waals surface area contributed by atoms with Crippen LogP contribution in [0.2, 0.25) is 0 Å². The highest BCUT2D eigenvalue weighted by molar-refractivity contribution is 9.10. The number of benzene rings is 2. The second-order valence-corrected chi connectivity index (χ2v) is 5.76. The Morgan fingerprint density at radius 3 is 2.41 bits per heavy atom. The Morgan fingerprint density at radius 1 is 1.14 bits per heavy atom. The fraction of sp³-hybridized carbons (Fsp3) is 0.176. The van der Waals surface area contributed by atoms with Gasteiger partial charge in [-0.05, 0) is 71.7 Å². The summed E-state index contributed by atoms with van der Waals surface area (Å²) in [6.07, 6.45) is 0. The molecule has 4 nitrogen and oxygen atoms in total. The molecule has 0 heterocycles. The van der Waals surface area contributed by atoms with Crippen LogP contribution in [0.5, 0.6) is 5.75 Å². The molecule has 5 heteroatoms. The van der Waals surface area contributed by atoms with Gasteiger partial charge in [-0.25, -0.2) is 0 Å². The maximum absolute atomic E-state index is 11.9. The first kappa shape index (κ1) is 16.2. The Kier molecular flexibility index (Phi) is 5.33. The highest BCUT2D eigenvalue weighted by atomic mass is 79.9. The van der Waals surface area contributed by atoms with Crippen LogP contribution in [0.3, 0.4) is 0 Å². The monoisotopic (exact) mass is 361 g/mol. The molecular weight excluding hydrogens is 346 g/mol. The summed E-state index contributed by atoms with van der Waals surface area (Å²) >= 11 is 3.40. The number of amides is 1. The molecule has 0 unspecified atom stereocenters. The van der Waals surface area contributed by atoms with E-state index in [2.05, 4.69) is 21.2 Å². The SMILES string of the molecule is CC(=O)c1ccc(NC(=O)COc2ccc(C)cc2Br)cc1. The van der Waals surface area contributed by atoms with Crippen molar-refractivity contribution in [1.82, 2.24) is 0 Å². The van der Waals surface area contributed by atoms with Crippen molar-refractivity contribution >= 4 is 33.3 Å². The van der Waals surface area contributed by atoms with Gasteiger partial charge in [-0.2, -0.15) is 0 Å². The lowest BCUT2D eigenvalue weighted by molar-refractivity contribution is -0.118. The third kappa shape index (κ3) is 4.43. The van der Waals surface area contributed by atoms with Gasteiger partial charge in [-0.1, -0.05) is 6.07 Å². The van der Waals surface area contributed by atoms with Crippen molar-refractivity contribution in [2.45, 2.75) is 13.8 Å². The zero-order valence-corrected chi connectivity index (χ0v) is 13.9. The molecule has 0 aliphatic rings. The first-order valence-corrected chi connectivity index (χ1v) is 7.55. The van der Waals surface area contributed by atoms with Crippen LogP contribution in [0.15, 0.2) is 46.9 Å². The average molecular weight is 362 g/mol. The molecule has 1 N–H and O–H groups in total. The number of carbonyl (C=O) groups is 2. The highest BCUT2D eigenvalue weighted by Crippen LogP contribution is 2.25. The number of anilines is 1. The minimum atomic E-state index is -0.261. The third-order valence-corrected chi connectivity index (χ3v) is 3.64. The predicted molar refractivity (Wildman–Crippen MR) is 89.5 cm³/mol. The van der Waals surface area contributed by atoms with E-state index in [0.29, 0.717) is 17.0 Å². The van der Waals surface area contributed by atoms with E-state index in [0.717, 1.165) is 10.0 Å². The number of ether oxygens (including phenoxy) is 1. The third-order valence-electron chi connectivity index (χ3n) is 3.02. The number of ketones is 1. The number of aryl methyl sites for hydroxylation is 1. The smallest absolute Gasteiger partial charge is 0.262 e. The molecule has 2 aromatic carbocycles. The van der Waals surface area contributed by atoms with Crippen molar-refractivity contribution in [1.29, 1.82) is 0 Å². The molecule has 0 saturated heterocycles. The molecule has 0 aromatic heterocycles. The van der Waals surface area contributed by atoms with E-state index in [1.165, 1.54) is 6.92 Å². The van der Waals surface area contributed by atoms with Gasteiger partial charge in [0.15, 0.2) is 12.4 Å². The van der Waals surface area contributed by atoms with E-state index in [9.17, 15) is 9.59 Å². The van der Waals surface area contributed by atoms with E-state index >= 15 is 0 Å². The fourth-order valence-corrected chi connectivity index (χ4v) is 2.46. The Hall–Kier alpha value is -2.14. The fourth-order valence-electron chi connectivity index (χ4n) is 1.85. The Balaban J connectivity index is 1.91. The van der Waals surface area contributed by atoms with Crippen molar-refractivity contribution in [3.63, 3.8) is 0 Å². The molecule has 0 fully saturated rings. The number of Topliss-reactive ketones (excluding diaryl/α,β-unsaturated/α-hetero) is 1.